The number of halogens is 2. The molecule has 0 heterocycles. The van der Waals surface area contributed by atoms with Gasteiger partial charge in [0.25, 0.3) is 5.91 Å². The highest BCUT2D eigenvalue weighted by atomic mass is 19.1. The van der Waals surface area contributed by atoms with Gasteiger partial charge in [0.2, 0.25) is 0 Å². The minimum atomic E-state index is -1.21. The van der Waals surface area contributed by atoms with Gasteiger partial charge in [0.1, 0.15) is 11.6 Å². The second-order valence-electron chi connectivity index (χ2n) is 5.58. The van der Waals surface area contributed by atoms with Crippen molar-refractivity contribution >= 4 is 23.6 Å². The molecule has 0 aliphatic carbocycles. The van der Waals surface area contributed by atoms with Crippen molar-refractivity contribution in [2.45, 2.75) is 19.6 Å². The van der Waals surface area contributed by atoms with Gasteiger partial charge in [-0.15, -0.1) is 0 Å². The highest BCUT2D eigenvalue weighted by Crippen LogP contribution is 2.16. The van der Waals surface area contributed by atoms with Gasteiger partial charge in [0, 0.05) is 12.6 Å². The molecule has 9 heteroatoms. The van der Waals surface area contributed by atoms with E-state index in [2.05, 4.69) is 10.6 Å². The van der Waals surface area contributed by atoms with Crippen molar-refractivity contribution in [2.75, 3.05) is 5.32 Å². The number of anilines is 1. The molecule has 0 saturated heterocycles. The third-order valence-corrected chi connectivity index (χ3v) is 3.50. The van der Waals surface area contributed by atoms with Crippen molar-refractivity contribution < 1.29 is 27.9 Å². The number of amides is 3. The van der Waals surface area contributed by atoms with Gasteiger partial charge in [0.05, 0.1) is 11.3 Å². The molecule has 1 atom stereocenters. The molecule has 0 saturated carbocycles. The highest BCUT2D eigenvalue weighted by molar-refractivity contribution is 5.97. The van der Waals surface area contributed by atoms with Crippen LogP contribution in [-0.2, 0) is 16.1 Å². The van der Waals surface area contributed by atoms with Crippen molar-refractivity contribution in [1.82, 2.24) is 5.32 Å². The van der Waals surface area contributed by atoms with E-state index in [1.807, 2.05) is 0 Å². The van der Waals surface area contributed by atoms with Gasteiger partial charge in [-0.2, -0.15) is 0 Å². The molecule has 142 valence electrons. The van der Waals surface area contributed by atoms with Crippen LogP contribution < -0.4 is 16.4 Å². The molecular weight excluding hydrogens is 360 g/mol. The van der Waals surface area contributed by atoms with E-state index >= 15 is 0 Å². The van der Waals surface area contributed by atoms with Crippen LogP contribution in [0, 0.1) is 11.6 Å². The first kappa shape index (κ1) is 19.8. The first-order valence-electron chi connectivity index (χ1n) is 7.85. The normalized spacial score (nSPS) is 11.4. The summed E-state index contributed by atoms with van der Waals surface area (Å²) >= 11 is 0. The van der Waals surface area contributed by atoms with Crippen molar-refractivity contribution in [3.8, 4) is 0 Å². The van der Waals surface area contributed by atoms with Gasteiger partial charge in [-0.1, -0.05) is 12.1 Å². The quantitative estimate of drug-likeness (QED) is 0.671. The summed E-state index contributed by atoms with van der Waals surface area (Å²) in [6.07, 6.45) is -1.21. The summed E-state index contributed by atoms with van der Waals surface area (Å²) in [4.78, 5) is 34.8. The summed E-state index contributed by atoms with van der Waals surface area (Å²) in [6, 6.07) is 8.11. The van der Waals surface area contributed by atoms with Crippen LogP contribution in [0.1, 0.15) is 22.8 Å². The Morgan fingerprint density at radius 1 is 1.11 bits per heavy atom. The Kier molecular flexibility index (Phi) is 6.42. The van der Waals surface area contributed by atoms with Crippen LogP contribution in [0.3, 0.4) is 0 Å². The molecule has 0 aliphatic rings. The van der Waals surface area contributed by atoms with Crippen molar-refractivity contribution in [3.63, 3.8) is 0 Å². The summed E-state index contributed by atoms with van der Waals surface area (Å²) in [6.45, 7) is 1.52. The average Bonchev–Trinajstić information content (AvgIpc) is 2.62. The Balaban J connectivity index is 1.93. The standard InChI is InChI=1S/C18H17F2N3O4/c1-10(16(24)23-15-7-6-13(19)8-14(15)20)27-17(25)12-4-2-11(3-5-12)9-22-18(21)26/h2-8,10H,9H2,1H3,(H,23,24)(H3,21,22,26). The number of nitrogens with two attached hydrogens (primary N) is 1. The summed E-state index contributed by atoms with van der Waals surface area (Å²) in [5.41, 5.74) is 5.64. The molecule has 2 rings (SSSR count). The zero-order valence-electron chi connectivity index (χ0n) is 14.3. The van der Waals surface area contributed by atoms with E-state index in [9.17, 15) is 23.2 Å². The molecule has 0 radical (unpaired) electrons. The second-order valence-corrected chi connectivity index (χ2v) is 5.58. The number of hydrogen-bond donors (Lipinski definition) is 3. The van der Waals surface area contributed by atoms with E-state index in [-0.39, 0.29) is 17.8 Å². The van der Waals surface area contributed by atoms with E-state index in [1.54, 1.807) is 12.1 Å². The van der Waals surface area contributed by atoms with Gasteiger partial charge in [-0.3, -0.25) is 4.79 Å². The molecule has 0 aliphatic heterocycles. The Hall–Kier alpha value is -3.49. The van der Waals surface area contributed by atoms with E-state index in [1.165, 1.54) is 19.1 Å². The topological polar surface area (TPSA) is 111 Å². The maximum atomic E-state index is 13.6. The van der Waals surface area contributed by atoms with Gasteiger partial charge in [-0.05, 0) is 36.8 Å². The lowest BCUT2D eigenvalue weighted by Gasteiger charge is -2.14. The lowest BCUT2D eigenvalue weighted by atomic mass is 10.1. The maximum Gasteiger partial charge on any atom is 0.338 e. The number of esters is 1. The fourth-order valence-corrected chi connectivity index (χ4v) is 2.06. The molecule has 0 fully saturated rings. The molecule has 0 spiro atoms. The van der Waals surface area contributed by atoms with Crippen molar-refractivity contribution in [1.29, 1.82) is 0 Å². The van der Waals surface area contributed by atoms with E-state index in [0.717, 1.165) is 12.1 Å². The number of hydrogen-bond acceptors (Lipinski definition) is 4. The Morgan fingerprint density at radius 3 is 2.37 bits per heavy atom. The van der Waals surface area contributed by atoms with Gasteiger partial charge >= 0.3 is 12.0 Å². The van der Waals surface area contributed by atoms with Crippen LogP contribution in [0.5, 0.6) is 0 Å². The molecule has 0 aromatic heterocycles. The number of ether oxygens (including phenoxy) is 1. The van der Waals surface area contributed by atoms with Crippen LogP contribution in [-0.4, -0.2) is 24.0 Å². The molecule has 2 aromatic carbocycles. The zero-order valence-corrected chi connectivity index (χ0v) is 14.3. The third-order valence-electron chi connectivity index (χ3n) is 3.50. The van der Waals surface area contributed by atoms with Crippen LogP contribution in [0.25, 0.3) is 0 Å². The molecule has 27 heavy (non-hydrogen) atoms. The molecule has 1 unspecified atom stereocenters. The van der Waals surface area contributed by atoms with E-state index in [0.29, 0.717) is 11.6 Å². The van der Waals surface area contributed by atoms with Crippen LogP contribution in [0.4, 0.5) is 19.3 Å². The molecule has 4 N–H and O–H groups in total. The van der Waals surface area contributed by atoms with Gasteiger partial charge < -0.3 is 21.1 Å². The zero-order chi connectivity index (χ0) is 20.0. The number of urea groups is 1. The fourth-order valence-electron chi connectivity index (χ4n) is 2.06. The number of rotatable bonds is 6. The van der Waals surface area contributed by atoms with E-state index in [4.69, 9.17) is 10.5 Å². The summed E-state index contributed by atoms with van der Waals surface area (Å²) in [5, 5.41) is 4.63. The summed E-state index contributed by atoms with van der Waals surface area (Å²) in [7, 11) is 0. The van der Waals surface area contributed by atoms with Crippen LogP contribution in [0.15, 0.2) is 42.5 Å². The van der Waals surface area contributed by atoms with Crippen LogP contribution >= 0.6 is 0 Å². The Labute approximate surface area is 153 Å². The molecule has 3 amide bonds. The number of carbonyl (C=O) groups excluding carboxylic acids is 3. The van der Waals surface area contributed by atoms with Gasteiger partial charge in [0.15, 0.2) is 6.10 Å². The summed E-state index contributed by atoms with van der Waals surface area (Å²) in [5.74, 6) is -3.25. The lowest BCUT2D eigenvalue weighted by Crippen LogP contribution is -2.30. The fraction of sp³-hybridized carbons (Fsp3) is 0.167. The lowest BCUT2D eigenvalue weighted by molar-refractivity contribution is -0.123. The Bertz CT molecular complexity index is 856. The number of carbonyl (C=O) groups is 3. The van der Waals surface area contributed by atoms with Crippen molar-refractivity contribution in [3.05, 3.63) is 65.2 Å². The SMILES string of the molecule is CC(OC(=O)c1ccc(CNC(N)=O)cc1)C(=O)Nc1ccc(F)cc1F. The molecule has 2 aromatic rings. The summed E-state index contributed by atoms with van der Waals surface area (Å²) < 4.78 is 31.5. The third kappa shape index (κ3) is 5.77. The Morgan fingerprint density at radius 2 is 1.78 bits per heavy atom. The maximum absolute atomic E-state index is 13.6. The van der Waals surface area contributed by atoms with Gasteiger partial charge in [-0.25, -0.2) is 18.4 Å². The predicted molar refractivity (Wildman–Crippen MR) is 92.7 cm³/mol. The predicted octanol–water partition coefficient (Wildman–Crippen LogP) is 2.32. The van der Waals surface area contributed by atoms with Crippen molar-refractivity contribution in [2.24, 2.45) is 5.73 Å². The highest BCUT2D eigenvalue weighted by Gasteiger charge is 2.20. The minimum Gasteiger partial charge on any atom is -0.449 e. The molecule has 0 bridgehead atoms. The van der Waals surface area contributed by atoms with Crippen LogP contribution in [0.2, 0.25) is 0 Å². The smallest absolute Gasteiger partial charge is 0.338 e. The molecule has 7 nitrogen and oxygen atoms in total. The molecular formula is C18H17F2N3O4. The number of nitrogens with one attached hydrogen (secondary N) is 2. The monoisotopic (exact) mass is 377 g/mol. The number of benzene rings is 2. The second kappa shape index (κ2) is 8.75. The first-order chi connectivity index (χ1) is 12.8. The largest absolute Gasteiger partial charge is 0.449 e. The number of primary amides is 1. The minimum absolute atomic E-state index is 0.186. The first-order valence-corrected chi connectivity index (χ1v) is 7.85. The average molecular weight is 377 g/mol. The van der Waals surface area contributed by atoms with E-state index < -0.39 is 35.6 Å².